The minimum atomic E-state index is -0.115. The van der Waals surface area contributed by atoms with Crippen molar-refractivity contribution < 1.29 is 9.53 Å². The van der Waals surface area contributed by atoms with Crippen LogP contribution in [0.4, 0.5) is 5.69 Å². The van der Waals surface area contributed by atoms with Gasteiger partial charge in [-0.2, -0.15) is 0 Å². The number of para-hydroxylation sites is 1. The lowest BCUT2D eigenvalue weighted by Crippen LogP contribution is -2.30. The number of carbonyl (C=O) groups excluding carboxylic acids is 1. The fourth-order valence-electron chi connectivity index (χ4n) is 2.41. The van der Waals surface area contributed by atoms with Gasteiger partial charge in [0.2, 0.25) is 0 Å². The second kappa shape index (κ2) is 6.98. The second-order valence-electron chi connectivity index (χ2n) is 5.02. The molecule has 20 heavy (non-hydrogen) atoms. The van der Waals surface area contributed by atoms with Crippen LogP contribution in [0, 0.1) is 5.92 Å². The van der Waals surface area contributed by atoms with Crippen molar-refractivity contribution in [2.45, 2.75) is 26.2 Å². The van der Waals surface area contributed by atoms with Gasteiger partial charge in [-0.3, -0.25) is 4.79 Å². The quantitative estimate of drug-likeness (QED) is 0.641. The van der Waals surface area contributed by atoms with E-state index in [0.717, 1.165) is 19.3 Å². The molecule has 1 aromatic rings. The molecule has 0 saturated heterocycles. The number of amides is 1. The molecule has 0 aromatic heterocycles. The molecule has 1 unspecified atom stereocenters. The number of rotatable bonds is 5. The van der Waals surface area contributed by atoms with Crippen LogP contribution in [0.15, 0.2) is 30.4 Å². The number of anilines is 1. The van der Waals surface area contributed by atoms with Gasteiger partial charge in [0.25, 0.3) is 5.91 Å². The zero-order valence-electron chi connectivity index (χ0n) is 11.9. The van der Waals surface area contributed by atoms with Crippen molar-refractivity contribution in [3.63, 3.8) is 0 Å². The molecule has 0 radical (unpaired) electrons. The molecular formula is C16H22N2O2. The van der Waals surface area contributed by atoms with Gasteiger partial charge in [0.15, 0.2) is 5.75 Å². The van der Waals surface area contributed by atoms with Crippen molar-refractivity contribution in [1.29, 1.82) is 0 Å². The topological polar surface area (TPSA) is 64.3 Å². The minimum Gasteiger partial charge on any atom is -0.491 e. The Hall–Kier alpha value is -1.97. The van der Waals surface area contributed by atoms with Gasteiger partial charge in [0.1, 0.15) is 0 Å². The van der Waals surface area contributed by atoms with Crippen molar-refractivity contribution in [1.82, 2.24) is 5.32 Å². The largest absolute Gasteiger partial charge is 0.491 e. The maximum atomic E-state index is 12.3. The van der Waals surface area contributed by atoms with Crippen LogP contribution in [0.2, 0.25) is 0 Å². The molecule has 1 aliphatic carbocycles. The van der Waals surface area contributed by atoms with Crippen LogP contribution in [-0.4, -0.2) is 19.1 Å². The standard InChI is InChI=1S/C16H22N2O2/c1-2-20-15-13(9-6-10-14(15)17)16(19)18-11-12-7-4-3-5-8-12/h3-4,6,9-10,12H,2,5,7-8,11,17H2,1H3,(H,18,19). The van der Waals surface area contributed by atoms with E-state index in [1.165, 1.54) is 0 Å². The summed E-state index contributed by atoms with van der Waals surface area (Å²) in [6, 6.07) is 5.27. The molecule has 0 bridgehead atoms. The number of carbonyl (C=O) groups is 1. The van der Waals surface area contributed by atoms with Gasteiger partial charge in [-0.15, -0.1) is 0 Å². The lowest BCUT2D eigenvalue weighted by molar-refractivity contribution is 0.0942. The molecule has 0 spiro atoms. The molecule has 0 aliphatic heterocycles. The molecule has 4 nitrogen and oxygen atoms in total. The Morgan fingerprint density at radius 1 is 1.45 bits per heavy atom. The van der Waals surface area contributed by atoms with Crippen molar-refractivity contribution >= 4 is 11.6 Å². The van der Waals surface area contributed by atoms with Crippen molar-refractivity contribution in [3.05, 3.63) is 35.9 Å². The molecule has 1 atom stereocenters. The molecule has 3 N–H and O–H groups in total. The first kappa shape index (κ1) is 14.4. The van der Waals surface area contributed by atoms with Gasteiger partial charge >= 0.3 is 0 Å². The molecule has 1 aromatic carbocycles. The van der Waals surface area contributed by atoms with Crippen LogP contribution in [-0.2, 0) is 0 Å². The van der Waals surface area contributed by atoms with Crippen LogP contribution in [0.3, 0.4) is 0 Å². The van der Waals surface area contributed by atoms with E-state index in [1.54, 1.807) is 18.2 Å². The molecule has 0 saturated carbocycles. The van der Waals surface area contributed by atoms with Crippen LogP contribution >= 0.6 is 0 Å². The first-order valence-electron chi connectivity index (χ1n) is 7.16. The van der Waals surface area contributed by atoms with Crippen molar-refractivity contribution in [2.75, 3.05) is 18.9 Å². The fraction of sp³-hybridized carbons (Fsp3) is 0.438. The summed E-state index contributed by atoms with van der Waals surface area (Å²) in [4.78, 5) is 12.3. The van der Waals surface area contributed by atoms with E-state index in [9.17, 15) is 4.79 Å². The van der Waals surface area contributed by atoms with Crippen molar-refractivity contribution in [2.24, 2.45) is 5.92 Å². The molecule has 108 valence electrons. The van der Waals surface area contributed by atoms with Gasteiger partial charge in [-0.25, -0.2) is 0 Å². The van der Waals surface area contributed by atoms with Crippen LogP contribution in [0.1, 0.15) is 36.5 Å². The fourth-order valence-corrected chi connectivity index (χ4v) is 2.41. The number of nitrogen functional groups attached to an aromatic ring is 1. The molecule has 0 heterocycles. The van der Waals surface area contributed by atoms with Crippen LogP contribution in [0.5, 0.6) is 5.75 Å². The van der Waals surface area contributed by atoms with Crippen LogP contribution in [0.25, 0.3) is 0 Å². The Morgan fingerprint density at radius 2 is 2.30 bits per heavy atom. The Labute approximate surface area is 120 Å². The predicted molar refractivity (Wildman–Crippen MR) is 80.8 cm³/mol. The SMILES string of the molecule is CCOc1c(N)cccc1C(=O)NCC1CC=CCC1. The third-order valence-corrected chi connectivity index (χ3v) is 3.51. The maximum Gasteiger partial charge on any atom is 0.255 e. The number of nitrogens with one attached hydrogen (secondary N) is 1. The number of benzene rings is 1. The number of hydrogen-bond donors (Lipinski definition) is 2. The van der Waals surface area contributed by atoms with Gasteiger partial charge in [0, 0.05) is 6.54 Å². The highest BCUT2D eigenvalue weighted by Gasteiger charge is 2.16. The predicted octanol–water partition coefficient (Wildman–Crippen LogP) is 2.75. The van der Waals surface area contributed by atoms with Gasteiger partial charge < -0.3 is 15.8 Å². The second-order valence-corrected chi connectivity index (χ2v) is 5.02. The Morgan fingerprint density at radius 3 is 3.00 bits per heavy atom. The van der Waals surface area contributed by atoms with E-state index in [0.29, 0.717) is 36.1 Å². The first-order valence-corrected chi connectivity index (χ1v) is 7.16. The smallest absolute Gasteiger partial charge is 0.255 e. The molecule has 2 rings (SSSR count). The third-order valence-electron chi connectivity index (χ3n) is 3.51. The highest BCUT2D eigenvalue weighted by atomic mass is 16.5. The summed E-state index contributed by atoms with van der Waals surface area (Å²) in [6.45, 7) is 3.06. The van der Waals surface area contributed by atoms with Gasteiger partial charge in [-0.1, -0.05) is 18.2 Å². The molecule has 1 amide bonds. The van der Waals surface area contributed by atoms with E-state index in [1.807, 2.05) is 6.92 Å². The monoisotopic (exact) mass is 274 g/mol. The molecule has 4 heteroatoms. The Bertz CT molecular complexity index is 497. The van der Waals surface area contributed by atoms with Gasteiger partial charge in [0.05, 0.1) is 17.9 Å². The van der Waals surface area contributed by atoms with E-state index >= 15 is 0 Å². The molecule has 1 aliphatic rings. The molecule has 0 fully saturated rings. The third kappa shape index (κ3) is 3.53. The first-order chi connectivity index (χ1) is 9.72. The Balaban J connectivity index is 2.01. The number of ether oxygens (including phenoxy) is 1. The molecular weight excluding hydrogens is 252 g/mol. The van der Waals surface area contributed by atoms with Gasteiger partial charge in [-0.05, 0) is 44.2 Å². The highest BCUT2D eigenvalue weighted by molar-refractivity contribution is 5.98. The highest BCUT2D eigenvalue weighted by Crippen LogP contribution is 2.26. The summed E-state index contributed by atoms with van der Waals surface area (Å²) in [5, 5.41) is 2.99. The van der Waals surface area contributed by atoms with Crippen molar-refractivity contribution in [3.8, 4) is 5.75 Å². The number of allylic oxidation sites excluding steroid dienone is 2. The summed E-state index contributed by atoms with van der Waals surface area (Å²) in [6.07, 6.45) is 7.65. The normalized spacial score (nSPS) is 17.8. The summed E-state index contributed by atoms with van der Waals surface area (Å²) in [5.74, 6) is 0.895. The average molecular weight is 274 g/mol. The lowest BCUT2D eigenvalue weighted by atomic mass is 9.94. The Kier molecular flexibility index (Phi) is 5.04. The summed E-state index contributed by atoms with van der Waals surface area (Å²) in [5.41, 5.74) is 6.88. The summed E-state index contributed by atoms with van der Waals surface area (Å²) < 4.78 is 5.48. The summed E-state index contributed by atoms with van der Waals surface area (Å²) in [7, 11) is 0. The van der Waals surface area contributed by atoms with E-state index in [4.69, 9.17) is 10.5 Å². The zero-order valence-corrected chi connectivity index (χ0v) is 11.9. The van der Waals surface area contributed by atoms with E-state index in [-0.39, 0.29) is 5.91 Å². The zero-order chi connectivity index (χ0) is 14.4. The van der Waals surface area contributed by atoms with E-state index < -0.39 is 0 Å². The maximum absolute atomic E-state index is 12.3. The average Bonchev–Trinajstić information content (AvgIpc) is 2.48. The van der Waals surface area contributed by atoms with E-state index in [2.05, 4.69) is 17.5 Å². The van der Waals surface area contributed by atoms with Crippen LogP contribution < -0.4 is 15.8 Å². The summed E-state index contributed by atoms with van der Waals surface area (Å²) >= 11 is 0. The lowest BCUT2D eigenvalue weighted by Gasteiger charge is -2.19. The number of hydrogen-bond acceptors (Lipinski definition) is 3. The minimum absolute atomic E-state index is 0.115. The number of nitrogens with two attached hydrogens (primary N) is 1.